The molecule has 120 valence electrons. The molecule has 0 spiro atoms. The van der Waals surface area contributed by atoms with Crippen LogP contribution in [0.5, 0.6) is 5.75 Å². The molecule has 0 aliphatic rings. The van der Waals surface area contributed by atoms with Crippen LogP contribution in [0.15, 0.2) is 28.1 Å². The van der Waals surface area contributed by atoms with Crippen molar-refractivity contribution in [1.29, 1.82) is 0 Å². The number of nitrogens with one attached hydrogen (secondary N) is 2. The lowest BCUT2D eigenvalue weighted by Gasteiger charge is -2.04. The van der Waals surface area contributed by atoms with Crippen molar-refractivity contribution in [3.05, 3.63) is 49.9 Å². The Bertz CT molecular complexity index is 801. The largest absolute Gasteiger partial charge is 0.487 e. The second-order valence-electron chi connectivity index (χ2n) is 4.38. The minimum atomic E-state index is -0.529. The number of anilines is 1. The van der Waals surface area contributed by atoms with Crippen molar-refractivity contribution in [3.8, 4) is 5.75 Å². The number of benzene rings is 1. The Morgan fingerprint density at radius 1 is 1.48 bits per heavy atom. The fourth-order valence-electron chi connectivity index (χ4n) is 1.65. The summed E-state index contributed by atoms with van der Waals surface area (Å²) in [4.78, 5) is 24.3. The molecule has 10 nitrogen and oxygen atoms in total. The van der Waals surface area contributed by atoms with Gasteiger partial charge in [0.05, 0.1) is 17.7 Å². The first kappa shape index (κ1) is 16.1. The number of aryl methyl sites for hydroxylation is 1. The maximum Gasteiger partial charge on any atom is 0.311 e. The predicted molar refractivity (Wildman–Crippen MR) is 82.9 cm³/mol. The molecule has 0 amide bonds. The van der Waals surface area contributed by atoms with E-state index in [4.69, 9.17) is 4.74 Å². The Kier molecular flexibility index (Phi) is 4.97. The van der Waals surface area contributed by atoms with Crippen LogP contribution >= 0.6 is 0 Å². The summed E-state index contributed by atoms with van der Waals surface area (Å²) < 4.78 is 5.19. The zero-order valence-electron chi connectivity index (χ0n) is 12.4. The zero-order chi connectivity index (χ0) is 16.8. The number of rotatable bonds is 6. The fourth-order valence-corrected chi connectivity index (χ4v) is 1.65. The monoisotopic (exact) mass is 318 g/mol. The second kappa shape index (κ2) is 7.11. The summed E-state index contributed by atoms with van der Waals surface area (Å²) in [5.41, 5.74) is 2.67. The van der Waals surface area contributed by atoms with E-state index in [2.05, 4.69) is 25.7 Å². The van der Waals surface area contributed by atoms with Gasteiger partial charge in [-0.15, -0.1) is 10.2 Å². The highest BCUT2D eigenvalue weighted by molar-refractivity contribution is 5.82. The molecule has 0 aliphatic carbocycles. The van der Waals surface area contributed by atoms with Crippen LogP contribution in [0.3, 0.4) is 0 Å². The maximum atomic E-state index is 11.4. The standard InChI is InChI=1S/C13H14N6O4/c1-3-23-11-5-4-9(6-10(11)19(21)22)7-14-17-13-15-12(20)8(2)16-18-13/h4-7H,3H2,1-2H3,(H2,15,17,18,20)/b14-7+. The van der Waals surface area contributed by atoms with E-state index in [0.29, 0.717) is 12.2 Å². The van der Waals surface area contributed by atoms with Crippen LogP contribution in [-0.4, -0.2) is 32.9 Å². The van der Waals surface area contributed by atoms with E-state index >= 15 is 0 Å². The van der Waals surface area contributed by atoms with Crippen molar-refractivity contribution in [1.82, 2.24) is 15.2 Å². The van der Waals surface area contributed by atoms with Gasteiger partial charge in [0.2, 0.25) is 5.95 Å². The topological polar surface area (TPSA) is 135 Å². The third-order valence-corrected chi connectivity index (χ3v) is 2.72. The molecule has 0 radical (unpaired) electrons. The van der Waals surface area contributed by atoms with Crippen LogP contribution in [-0.2, 0) is 0 Å². The van der Waals surface area contributed by atoms with Crippen molar-refractivity contribution < 1.29 is 9.66 Å². The molecule has 0 unspecified atom stereocenters. The summed E-state index contributed by atoms with van der Waals surface area (Å²) in [7, 11) is 0. The van der Waals surface area contributed by atoms with Gasteiger partial charge in [0.1, 0.15) is 5.69 Å². The molecule has 10 heteroatoms. The van der Waals surface area contributed by atoms with E-state index in [1.807, 2.05) is 0 Å². The van der Waals surface area contributed by atoms with Crippen molar-refractivity contribution in [2.45, 2.75) is 13.8 Å². The van der Waals surface area contributed by atoms with Gasteiger partial charge in [-0.3, -0.25) is 19.9 Å². The van der Waals surface area contributed by atoms with Crippen LogP contribution in [0.1, 0.15) is 18.2 Å². The minimum absolute atomic E-state index is 0.0669. The maximum absolute atomic E-state index is 11.4. The highest BCUT2D eigenvalue weighted by atomic mass is 16.6. The van der Waals surface area contributed by atoms with Gasteiger partial charge in [0, 0.05) is 11.6 Å². The lowest BCUT2D eigenvalue weighted by molar-refractivity contribution is -0.385. The van der Waals surface area contributed by atoms with Gasteiger partial charge in [0.15, 0.2) is 5.75 Å². The second-order valence-corrected chi connectivity index (χ2v) is 4.38. The summed E-state index contributed by atoms with van der Waals surface area (Å²) >= 11 is 0. The molecule has 2 aromatic rings. The average Bonchev–Trinajstić information content (AvgIpc) is 2.52. The van der Waals surface area contributed by atoms with Crippen molar-refractivity contribution in [2.75, 3.05) is 12.0 Å². The van der Waals surface area contributed by atoms with E-state index in [-0.39, 0.29) is 28.6 Å². The molecule has 0 fully saturated rings. The molecule has 0 atom stereocenters. The molecule has 0 saturated carbocycles. The van der Waals surface area contributed by atoms with Crippen LogP contribution in [0, 0.1) is 17.0 Å². The lowest BCUT2D eigenvalue weighted by Crippen LogP contribution is -2.15. The SMILES string of the molecule is CCOc1ccc(/C=N/Nc2nnc(C)c(=O)[nH]2)cc1[N+](=O)[O-]. The molecule has 2 N–H and O–H groups in total. The highest BCUT2D eigenvalue weighted by Crippen LogP contribution is 2.27. The smallest absolute Gasteiger partial charge is 0.311 e. The summed E-state index contributed by atoms with van der Waals surface area (Å²) in [5.74, 6) is 0.258. The van der Waals surface area contributed by atoms with Gasteiger partial charge in [0.25, 0.3) is 5.56 Å². The molecular formula is C13H14N6O4. The molecule has 0 bridgehead atoms. The number of nitrogens with zero attached hydrogens (tertiary/aromatic N) is 4. The van der Waals surface area contributed by atoms with E-state index in [1.165, 1.54) is 25.3 Å². The normalized spacial score (nSPS) is 10.7. The summed E-state index contributed by atoms with van der Waals surface area (Å²) in [6, 6.07) is 4.45. The molecule has 2 rings (SSSR count). The molecular weight excluding hydrogens is 304 g/mol. The first-order chi connectivity index (χ1) is 11.0. The van der Waals surface area contributed by atoms with Gasteiger partial charge in [-0.1, -0.05) is 0 Å². The molecule has 1 heterocycles. The number of aromatic amines is 1. The minimum Gasteiger partial charge on any atom is -0.487 e. The van der Waals surface area contributed by atoms with Crippen molar-refractivity contribution in [2.24, 2.45) is 5.10 Å². The third kappa shape index (κ3) is 4.09. The van der Waals surface area contributed by atoms with Gasteiger partial charge in [-0.05, 0) is 26.0 Å². The van der Waals surface area contributed by atoms with Crippen LogP contribution in [0.2, 0.25) is 0 Å². The van der Waals surface area contributed by atoms with E-state index in [1.54, 1.807) is 13.0 Å². The van der Waals surface area contributed by atoms with E-state index in [0.717, 1.165) is 0 Å². The first-order valence-electron chi connectivity index (χ1n) is 6.65. The number of nitro groups is 1. The summed E-state index contributed by atoms with van der Waals surface area (Å²) in [5, 5.41) is 22.2. The Morgan fingerprint density at radius 3 is 2.91 bits per heavy atom. The molecule has 1 aromatic heterocycles. The Balaban J connectivity index is 2.15. The van der Waals surface area contributed by atoms with E-state index < -0.39 is 4.92 Å². The highest BCUT2D eigenvalue weighted by Gasteiger charge is 2.15. The van der Waals surface area contributed by atoms with Crippen LogP contribution in [0.4, 0.5) is 11.6 Å². The molecule has 0 saturated heterocycles. The fraction of sp³-hybridized carbons (Fsp3) is 0.231. The number of nitro benzene ring substituents is 1. The lowest BCUT2D eigenvalue weighted by atomic mass is 10.2. The van der Waals surface area contributed by atoms with Gasteiger partial charge >= 0.3 is 5.69 Å². The van der Waals surface area contributed by atoms with Crippen LogP contribution < -0.4 is 15.7 Å². The average molecular weight is 318 g/mol. The number of aromatic nitrogens is 3. The molecule has 1 aromatic carbocycles. The third-order valence-electron chi connectivity index (χ3n) is 2.72. The molecule has 0 aliphatic heterocycles. The van der Waals surface area contributed by atoms with Crippen LogP contribution in [0.25, 0.3) is 0 Å². The summed E-state index contributed by atoms with van der Waals surface area (Å²) in [6.45, 7) is 3.60. The number of hydrogen-bond donors (Lipinski definition) is 2. The Hall–Kier alpha value is -3.30. The quantitative estimate of drug-likeness (QED) is 0.464. The Morgan fingerprint density at radius 2 is 2.26 bits per heavy atom. The van der Waals surface area contributed by atoms with E-state index in [9.17, 15) is 14.9 Å². The van der Waals surface area contributed by atoms with Gasteiger partial charge in [-0.2, -0.15) is 5.10 Å². The van der Waals surface area contributed by atoms with Crippen molar-refractivity contribution >= 4 is 17.9 Å². The Labute approximate surface area is 130 Å². The number of H-pyrrole nitrogens is 1. The molecule has 23 heavy (non-hydrogen) atoms. The number of ether oxygens (including phenoxy) is 1. The van der Waals surface area contributed by atoms with Gasteiger partial charge in [-0.25, -0.2) is 5.43 Å². The zero-order valence-corrected chi connectivity index (χ0v) is 12.4. The predicted octanol–water partition coefficient (Wildman–Crippen LogP) is 1.23. The summed E-state index contributed by atoms with van der Waals surface area (Å²) in [6.07, 6.45) is 1.35. The first-order valence-corrected chi connectivity index (χ1v) is 6.65. The van der Waals surface area contributed by atoms with Gasteiger partial charge < -0.3 is 4.74 Å². The number of hydrazone groups is 1. The van der Waals surface area contributed by atoms with Crippen molar-refractivity contribution in [3.63, 3.8) is 0 Å². The number of hydrogen-bond acceptors (Lipinski definition) is 8.